The molecule has 1 heterocycles. The Bertz CT molecular complexity index is 351. The van der Waals surface area contributed by atoms with Gasteiger partial charge in [0.2, 0.25) is 0 Å². The van der Waals surface area contributed by atoms with Crippen LogP contribution in [-0.4, -0.2) is 21.7 Å². The van der Waals surface area contributed by atoms with E-state index in [-0.39, 0.29) is 0 Å². The molecular weight excluding hydrogens is 331 g/mol. The summed E-state index contributed by atoms with van der Waals surface area (Å²) in [6.07, 6.45) is 2.86. The number of aliphatic hydroxyl groups is 1. The van der Waals surface area contributed by atoms with E-state index in [1.165, 1.54) is 14.9 Å². The predicted octanol–water partition coefficient (Wildman–Crippen LogP) is 3.48. The molecule has 0 amide bonds. The van der Waals surface area contributed by atoms with E-state index in [1.54, 1.807) is 0 Å². The summed E-state index contributed by atoms with van der Waals surface area (Å²) in [5.41, 5.74) is 0.743. The number of benzene rings is 1. The monoisotopic (exact) mass is 348 g/mol. The first kappa shape index (κ1) is 12.7. The van der Waals surface area contributed by atoms with E-state index in [2.05, 4.69) is 53.8 Å². The van der Waals surface area contributed by atoms with Gasteiger partial charge in [-0.05, 0) is 58.9 Å². The molecular formula is C13H17IOS. The van der Waals surface area contributed by atoms with Gasteiger partial charge in [0.05, 0.1) is 5.60 Å². The Morgan fingerprint density at radius 2 is 2.12 bits per heavy atom. The van der Waals surface area contributed by atoms with Crippen LogP contribution in [0.25, 0.3) is 0 Å². The summed E-state index contributed by atoms with van der Waals surface area (Å²) in [6.45, 7) is 2.15. The second kappa shape index (κ2) is 5.27. The summed E-state index contributed by atoms with van der Waals surface area (Å²) in [6, 6.07) is 8.48. The standard InChI is InChI=1S/C13H17IOS/c1-10-13(15,7-2-8-16-10)9-11-3-5-12(14)6-4-11/h3-6,10,15H,2,7-9H2,1H3. The van der Waals surface area contributed by atoms with E-state index in [9.17, 15) is 5.11 Å². The van der Waals surface area contributed by atoms with Gasteiger partial charge in [0.15, 0.2) is 0 Å². The number of halogens is 1. The molecule has 88 valence electrons. The normalized spacial score (nSPS) is 30.3. The largest absolute Gasteiger partial charge is 0.388 e. The number of rotatable bonds is 2. The molecule has 1 fully saturated rings. The van der Waals surface area contributed by atoms with Gasteiger partial charge >= 0.3 is 0 Å². The second-order valence-electron chi connectivity index (χ2n) is 4.52. The summed E-state index contributed by atoms with van der Waals surface area (Å²) in [5, 5.41) is 11.0. The molecule has 2 unspecified atom stereocenters. The average molecular weight is 348 g/mol. The van der Waals surface area contributed by atoms with Crippen molar-refractivity contribution in [2.75, 3.05) is 5.75 Å². The van der Waals surface area contributed by atoms with E-state index in [0.29, 0.717) is 5.25 Å². The third-order valence-corrected chi connectivity index (χ3v) is 5.48. The Balaban J connectivity index is 2.10. The summed E-state index contributed by atoms with van der Waals surface area (Å²) in [7, 11) is 0. The van der Waals surface area contributed by atoms with Gasteiger partial charge < -0.3 is 5.11 Å². The van der Waals surface area contributed by atoms with E-state index in [4.69, 9.17) is 0 Å². The molecule has 2 rings (SSSR count). The van der Waals surface area contributed by atoms with Crippen molar-refractivity contribution < 1.29 is 5.11 Å². The molecule has 1 aromatic rings. The van der Waals surface area contributed by atoms with Crippen molar-refractivity contribution in [1.29, 1.82) is 0 Å². The maximum Gasteiger partial charge on any atom is 0.0803 e. The Morgan fingerprint density at radius 3 is 2.75 bits per heavy atom. The zero-order valence-corrected chi connectivity index (χ0v) is 12.4. The SMILES string of the molecule is CC1SCCCC1(O)Cc1ccc(I)cc1. The Kier molecular flexibility index (Phi) is 4.19. The van der Waals surface area contributed by atoms with Gasteiger partial charge in [-0.3, -0.25) is 0 Å². The Labute approximate surface area is 115 Å². The van der Waals surface area contributed by atoms with Crippen molar-refractivity contribution in [3.05, 3.63) is 33.4 Å². The maximum absolute atomic E-state index is 10.6. The van der Waals surface area contributed by atoms with Crippen LogP contribution >= 0.6 is 34.4 Å². The van der Waals surface area contributed by atoms with Crippen molar-refractivity contribution in [1.82, 2.24) is 0 Å². The molecule has 0 bridgehead atoms. The minimum atomic E-state index is -0.504. The minimum absolute atomic E-state index is 0.348. The Morgan fingerprint density at radius 1 is 1.44 bits per heavy atom. The fraction of sp³-hybridized carbons (Fsp3) is 0.538. The molecule has 1 N–H and O–H groups in total. The molecule has 0 saturated carbocycles. The molecule has 1 aromatic carbocycles. The Hall–Kier alpha value is 0.260. The smallest absolute Gasteiger partial charge is 0.0803 e. The lowest BCUT2D eigenvalue weighted by Crippen LogP contribution is -2.43. The topological polar surface area (TPSA) is 20.2 Å². The van der Waals surface area contributed by atoms with Crippen molar-refractivity contribution in [3.8, 4) is 0 Å². The van der Waals surface area contributed by atoms with Crippen molar-refractivity contribution in [3.63, 3.8) is 0 Å². The van der Waals surface area contributed by atoms with Gasteiger partial charge in [0.1, 0.15) is 0 Å². The van der Waals surface area contributed by atoms with E-state index < -0.39 is 5.60 Å². The first-order valence-electron chi connectivity index (χ1n) is 5.69. The molecule has 3 heteroatoms. The lowest BCUT2D eigenvalue weighted by atomic mass is 9.87. The molecule has 1 aliphatic heterocycles. The number of hydrogen-bond acceptors (Lipinski definition) is 2. The van der Waals surface area contributed by atoms with Crippen LogP contribution in [0.2, 0.25) is 0 Å². The molecule has 0 aliphatic carbocycles. The highest BCUT2D eigenvalue weighted by atomic mass is 127. The third kappa shape index (κ3) is 2.93. The van der Waals surface area contributed by atoms with Crippen molar-refractivity contribution in [2.24, 2.45) is 0 Å². The van der Waals surface area contributed by atoms with Crippen LogP contribution in [0.15, 0.2) is 24.3 Å². The lowest BCUT2D eigenvalue weighted by molar-refractivity contribution is 0.0297. The summed E-state index contributed by atoms with van der Waals surface area (Å²) >= 11 is 4.20. The summed E-state index contributed by atoms with van der Waals surface area (Å²) in [4.78, 5) is 0. The predicted molar refractivity (Wildman–Crippen MR) is 79.0 cm³/mol. The van der Waals surface area contributed by atoms with E-state index in [0.717, 1.165) is 19.3 Å². The fourth-order valence-electron chi connectivity index (χ4n) is 2.18. The molecule has 0 spiro atoms. The van der Waals surface area contributed by atoms with Crippen LogP contribution in [0.4, 0.5) is 0 Å². The maximum atomic E-state index is 10.6. The number of thioether (sulfide) groups is 1. The van der Waals surface area contributed by atoms with Gasteiger partial charge in [-0.25, -0.2) is 0 Å². The van der Waals surface area contributed by atoms with E-state index in [1.807, 2.05) is 11.8 Å². The highest BCUT2D eigenvalue weighted by Crippen LogP contribution is 2.36. The third-order valence-electron chi connectivity index (χ3n) is 3.30. The van der Waals surface area contributed by atoms with Crippen LogP contribution in [0.3, 0.4) is 0 Å². The summed E-state index contributed by atoms with van der Waals surface area (Å²) in [5.74, 6) is 1.19. The zero-order valence-electron chi connectivity index (χ0n) is 9.45. The molecule has 0 aromatic heterocycles. The highest BCUT2D eigenvalue weighted by molar-refractivity contribution is 14.1. The van der Waals surface area contributed by atoms with Gasteiger partial charge in [-0.15, -0.1) is 0 Å². The first-order valence-corrected chi connectivity index (χ1v) is 7.81. The fourth-order valence-corrected chi connectivity index (χ4v) is 3.72. The van der Waals surface area contributed by atoms with Gasteiger partial charge in [-0.2, -0.15) is 11.8 Å². The molecule has 0 radical (unpaired) electrons. The summed E-state index contributed by atoms with van der Waals surface area (Å²) < 4.78 is 1.25. The molecule has 1 saturated heterocycles. The van der Waals surface area contributed by atoms with E-state index >= 15 is 0 Å². The minimum Gasteiger partial charge on any atom is -0.388 e. The molecule has 16 heavy (non-hydrogen) atoms. The van der Waals surface area contributed by atoms with Gasteiger partial charge in [0, 0.05) is 15.2 Å². The van der Waals surface area contributed by atoms with Crippen LogP contribution < -0.4 is 0 Å². The average Bonchev–Trinajstić information content (AvgIpc) is 2.26. The first-order chi connectivity index (χ1) is 7.60. The molecule has 2 atom stereocenters. The molecule has 1 nitrogen and oxygen atoms in total. The molecule has 1 aliphatic rings. The zero-order chi connectivity index (χ0) is 11.6. The van der Waals surface area contributed by atoms with Crippen LogP contribution in [0.1, 0.15) is 25.3 Å². The number of hydrogen-bond donors (Lipinski definition) is 1. The highest BCUT2D eigenvalue weighted by Gasteiger charge is 2.36. The van der Waals surface area contributed by atoms with Crippen molar-refractivity contribution >= 4 is 34.4 Å². The van der Waals surface area contributed by atoms with Crippen LogP contribution in [0.5, 0.6) is 0 Å². The van der Waals surface area contributed by atoms with Crippen LogP contribution in [0, 0.1) is 3.57 Å². The quantitative estimate of drug-likeness (QED) is 0.826. The second-order valence-corrected chi connectivity index (χ2v) is 7.22. The van der Waals surface area contributed by atoms with Crippen LogP contribution in [-0.2, 0) is 6.42 Å². The van der Waals surface area contributed by atoms with Gasteiger partial charge in [-0.1, -0.05) is 19.1 Å². The van der Waals surface area contributed by atoms with Crippen molar-refractivity contribution in [2.45, 2.75) is 37.0 Å². The lowest BCUT2D eigenvalue weighted by Gasteiger charge is -2.37. The van der Waals surface area contributed by atoms with Gasteiger partial charge in [0.25, 0.3) is 0 Å².